The van der Waals surface area contributed by atoms with Gasteiger partial charge < -0.3 is 10.6 Å². The number of carbonyl (C=O) groups is 1. The molecule has 0 radical (unpaired) electrons. The second-order valence-electron chi connectivity index (χ2n) is 7.60. The molecule has 2 aromatic carbocycles. The number of fused-ring (bicyclic) bond motifs is 1. The number of hydrogen-bond acceptors (Lipinski definition) is 5. The Morgan fingerprint density at radius 2 is 1.91 bits per heavy atom. The summed E-state index contributed by atoms with van der Waals surface area (Å²) in [6, 6.07) is 8.03. The number of carbonyl (C=O) groups excluding carboxylic acids is 1. The van der Waals surface area contributed by atoms with E-state index in [0.717, 1.165) is 35.5 Å². The summed E-state index contributed by atoms with van der Waals surface area (Å²) in [5, 5.41) is 17.7. The maximum Gasteiger partial charge on any atom is 0.408 e. The molecule has 33 heavy (non-hydrogen) atoms. The first-order valence-corrected chi connectivity index (χ1v) is 10.3. The zero-order valence-electron chi connectivity index (χ0n) is 18.2. The van der Waals surface area contributed by atoms with Crippen molar-refractivity contribution in [3.63, 3.8) is 0 Å². The quantitative estimate of drug-likeness (QED) is 0.400. The molecular formula is C22H22F3N7O. The lowest BCUT2D eigenvalue weighted by atomic mass is 10.1. The molecular weight excluding hydrogens is 435 g/mol. The minimum absolute atomic E-state index is 0.116. The van der Waals surface area contributed by atoms with Gasteiger partial charge >= 0.3 is 6.18 Å². The van der Waals surface area contributed by atoms with E-state index in [1.165, 1.54) is 12.1 Å². The molecule has 172 valence electrons. The fraction of sp³-hybridized carbons (Fsp3) is 0.273. The van der Waals surface area contributed by atoms with Crippen LogP contribution >= 0.6 is 0 Å². The van der Waals surface area contributed by atoms with E-state index in [2.05, 4.69) is 32.5 Å². The zero-order chi connectivity index (χ0) is 23.8. The van der Waals surface area contributed by atoms with Gasteiger partial charge in [-0.25, -0.2) is 4.68 Å². The van der Waals surface area contributed by atoms with Gasteiger partial charge in [0.15, 0.2) is 5.82 Å². The largest absolute Gasteiger partial charge is 0.408 e. The van der Waals surface area contributed by atoms with Gasteiger partial charge in [-0.3, -0.25) is 9.89 Å². The van der Waals surface area contributed by atoms with Crippen molar-refractivity contribution >= 4 is 28.4 Å². The molecule has 11 heteroatoms. The Labute approximate surface area is 187 Å². The third-order valence-corrected chi connectivity index (χ3v) is 5.34. The third-order valence-electron chi connectivity index (χ3n) is 5.34. The molecule has 4 rings (SSSR count). The first-order valence-electron chi connectivity index (χ1n) is 10.3. The lowest BCUT2D eigenvalue weighted by Gasteiger charge is -2.17. The van der Waals surface area contributed by atoms with E-state index in [0.29, 0.717) is 17.3 Å². The summed E-state index contributed by atoms with van der Waals surface area (Å²) in [6.45, 7) is 2.95. The van der Waals surface area contributed by atoms with Crippen LogP contribution in [0.25, 0.3) is 22.3 Å². The van der Waals surface area contributed by atoms with E-state index in [9.17, 15) is 18.0 Å². The van der Waals surface area contributed by atoms with Crippen LogP contribution in [0, 0.1) is 0 Å². The first kappa shape index (κ1) is 22.3. The summed E-state index contributed by atoms with van der Waals surface area (Å²) < 4.78 is 39.6. The van der Waals surface area contributed by atoms with E-state index >= 15 is 0 Å². The minimum atomic E-state index is -4.50. The number of H-pyrrole nitrogens is 1. The zero-order valence-corrected chi connectivity index (χ0v) is 18.2. The Morgan fingerprint density at radius 3 is 2.58 bits per heavy atom. The van der Waals surface area contributed by atoms with Crippen LogP contribution in [0.2, 0.25) is 0 Å². The molecule has 0 aliphatic carbocycles. The monoisotopic (exact) mass is 457 g/mol. The number of benzene rings is 2. The van der Waals surface area contributed by atoms with Crippen LogP contribution in [-0.4, -0.2) is 43.1 Å². The number of aryl methyl sites for hydroxylation is 2. The number of nitrogens with zero attached hydrogens (tertiary/aromatic N) is 4. The number of alkyl halides is 3. The predicted octanol–water partition coefficient (Wildman–Crippen LogP) is 4.35. The van der Waals surface area contributed by atoms with Crippen molar-refractivity contribution in [3.05, 3.63) is 53.7 Å². The highest BCUT2D eigenvalue weighted by Crippen LogP contribution is 2.28. The lowest BCUT2D eigenvalue weighted by molar-refractivity contribution is -0.149. The number of nitrogens with one attached hydrogen (secondary N) is 3. The average molecular weight is 457 g/mol. The molecule has 2 heterocycles. The van der Waals surface area contributed by atoms with Gasteiger partial charge in [-0.15, -0.1) is 5.10 Å². The van der Waals surface area contributed by atoms with Crippen molar-refractivity contribution in [3.8, 4) is 11.4 Å². The van der Waals surface area contributed by atoms with E-state index in [4.69, 9.17) is 0 Å². The highest BCUT2D eigenvalue weighted by Gasteiger charge is 2.37. The second-order valence-corrected chi connectivity index (χ2v) is 7.60. The summed E-state index contributed by atoms with van der Waals surface area (Å²) in [5.74, 6) is 0.130. The van der Waals surface area contributed by atoms with Crippen LogP contribution in [0.3, 0.4) is 0 Å². The Morgan fingerprint density at radius 1 is 1.18 bits per heavy atom. The van der Waals surface area contributed by atoms with Gasteiger partial charge in [-0.05, 0) is 43.2 Å². The predicted molar refractivity (Wildman–Crippen MR) is 118 cm³/mol. The smallest absolute Gasteiger partial charge is 0.341 e. The summed E-state index contributed by atoms with van der Waals surface area (Å²) in [7, 11) is 1.75. The van der Waals surface area contributed by atoms with Crippen molar-refractivity contribution in [2.45, 2.75) is 32.5 Å². The highest BCUT2D eigenvalue weighted by atomic mass is 19.4. The fourth-order valence-corrected chi connectivity index (χ4v) is 3.44. The molecule has 2 aromatic heterocycles. The van der Waals surface area contributed by atoms with Crippen LogP contribution < -0.4 is 10.6 Å². The molecule has 1 amide bonds. The maximum absolute atomic E-state index is 12.7. The molecule has 4 aromatic rings. The third kappa shape index (κ3) is 4.52. The van der Waals surface area contributed by atoms with Crippen LogP contribution in [0.4, 0.5) is 24.8 Å². The number of rotatable bonds is 6. The molecule has 3 N–H and O–H groups in total. The first-order chi connectivity index (χ1) is 15.7. The van der Waals surface area contributed by atoms with Crippen LogP contribution in [-0.2, 0) is 13.5 Å². The standard InChI is InChI=1S/C22H22F3N7O/c1-4-15-16-11-26-30-18(16)10-9-17(15)28-21-29-19(31-32(21)3)13-5-7-14(8-6-13)20(33)27-12(2)22(23,24)25/h5-12H,4H2,1-3H3,(H,26,30)(H,27,33)(H,28,29,31). The van der Waals surface area contributed by atoms with Crippen LogP contribution in [0.5, 0.6) is 0 Å². The number of aromatic amines is 1. The summed E-state index contributed by atoms with van der Waals surface area (Å²) in [5.41, 5.74) is 3.67. The molecule has 1 atom stereocenters. The van der Waals surface area contributed by atoms with Crippen LogP contribution in [0.1, 0.15) is 29.8 Å². The second kappa shape index (κ2) is 8.57. The molecule has 0 fully saturated rings. The molecule has 0 saturated carbocycles. The Bertz CT molecular complexity index is 1290. The molecule has 0 aliphatic rings. The number of hydrogen-bond donors (Lipinski definition) is 3. The topological polar surface area (TPSA) is 101 Å². The van der Waals surface area contributed by atoms with Gasteiger partial charge in [0.25, 0.3) is 5.91 Å². The fourth-order valence-electron chi connectivity index (χ4n) is 3.44. The van der Waals surface area contributed by atoms with Gasteiger partial charge in [0.05, 0.1) is 11.7 Å². The van der Waals surface area contributed by atoms with E-state index in [1.807, 2.05) is 17.4 Å². The number of amides is 1. The molecule has 0 spiro atoms. The normalized spacial score (nSPS) is 12.7. The van der Waals surface area contributed by atoms with Crippen molar-refractivity contribution in [1.82, 2.24) is 30.3 Å². The van der Waals surface area contributed by atoms with E-state index < -0.39 is 18.1 Å². The minimum Gasteiger partial charge on any atom is -0.341 e. The molecule has 0 saturated heterocycles. The number of halogens is 3. The molecule has 8 nitrogen and oxygen atoms in total. The van der Waals surface area contributed by atoms with Crippen molar-refractivity contribution in [2.24, 2.45) is 7.05 Å². The molecule has 1 unspecified atom stereocenters. The van der Waals surface area contributed by atoms with E-state index in [-0.39, 0.29) is 5.56 Å². The van der Waals surface area contributed by atoms with Gasteiger partial charge in [-0.2, -0.15) is 23.3 Å². The van der Waals surface area contributed by atoms with Gasteiger partial charge in [0, 0.05) is 29.2 Å². The lowest BCUT2D eigenvalue weighted by Crippen LogP contribution is -2.43. The number of anilines is 2. The maximum atomic E-state index is 12.7. The Balaban J connectivity index is 1.53. The number of aromatic nitrogens is 5. The summed E-state index contributed by atoms with van der Waals surface area (Å²) >= 11 is 0. The summed E-state index contributed by atoms with van der Waals surface area (Å²) in [4.78, 5) is 16.6. The van der Waals surface area contributed by atoms with Gasteiger partial charge in [0.2, 0.25) is 5.95 Å². The van der Waals surface area contributed by atoms with Crippen molar-refractivity contribution in [1.29, 1.82) is 0 Å². The molecule has 0 aliphatic heterocycles. The highest BCUT2D eigenvalue weighted by molar-refractivity contribution is 5.94. The SMILES string of the molecule is CCc1c(Nc2nc(-c3ccc(C(=O)NC(C)C(F)(F)F)cc3)nn2C)ccc2[nH]ncc12. The Hall–Kier alpha value is -3.89. The average Bonchev–Trinajstić information content (AvgIpc) is 3.40. The Kier molecular flexibility index (Phi) is 5.79. The molecule has 0 bridgehead atoms. The van der Waals surface area contributed by atoms with Gasteiger partial charge in [0.1, 0.15) is 6.04 Å². The summed E-state index contributed by atoms with van der Waals surface area (Å²) in [6.07, 6.45) is -1.92. The van der Waals surface area contributed by atoms with Crippen molar-refractivity contribution < 1.29 is 18.0 Å². The van der Waals surface area contributed by atoms with Crippen LogP contribution in [0.15, 0.2) is 42.6 Å². The van der Waals surface area contributed by atoms with E-state index in [1.54, 1.807) is 30.1 Å². The van der Waals surface area contributed by atoms with Gasteiger partial charge in [-0.1, -0.05) is 19.1 Å². The van der Waals surface area contributed by atoms with Crippen molar-refractivity contribution in [2.75, 3.05) is 5.32 Å².